The van der Waals surface area contributed by atoms with E-state index in [1.807, 2.05) is 0 Å². The monoisotopic (exact) mass is 128 g/mol. The Hall–Kier alpha value is 0.0500. The molecular formula is C2H6Cl2N2. The van der Waals surface area contributed by atoms with E-state index in [9.17, 15) is 0 Å². The van der Waals surface area contributed by atoms with E-state index < -0.39 is 0 Å². The van der Waals surface area contributed by atoms with Gasteiger partial charge >= 0.3 is 0 Å². The normalized spacial score (nSPS) is 8.17. The number of hydrogen-bond acceptors (Lipinski definition) is 1. The van der Waals surface area contributed by atoms with Gasteiger partial charge in [0.1, 0.15) is 6.00 Å². The van der Waals surface area contributed by atoms with Gasteiger partial charge in [0, 0.05) is 0 Å². The van der Waals surface area contributed by atoms with Crippen molar-refractivity contribution in [3.8, 4) is 0 Å². The summed E-state index contributed by atoms with van der Waals surface area (Å²) in [7, 11) is 0. The fourth-order valence-electron chi connectivity index (χ4n) is 0.0398. The molecule has 0 rings (SSSR count). The van der Waals surface area contributed by atoms with Crippen molar-refractivity contribution in [2.24, 2.45) is 10.7 Å². The summed E-state index contributed by atoms with van der Waals surface area (Å²) in [6.07, 6.45) is 1.17. The summed E-state index contributed by atoms with van der Waals surface area (Å²) in [6.45, 7) is 0. The lowest BCUT2D eigenvalue weighted by molar-refractivity contribution is 1.37. The minimum absolute atomic E-state index is 0. The summed E-state index contributed by atoms with van der Waals surface area (Å²) < 4.78 is 0. The molecule has 0 aromatic rings. The minimum atomic E-state index is 0. The highest BCUT2D eigenvalue weighted by atomic mass is 35.5. The van der Waals surface area contributed by atoms with Crippen molar-refractivity contribution in [3.63, 3.8) is 0 Å². The van der Waals surface area contributed by atoms with Crippen LogP contribution in [0.1, 0.15) is 0 Å². The van der Waals surface area contributed by atoms with E-state index in [-0.39, 0.29) is 18.4 Å². The van der Waals surface area contributed by atoms with E-state index in [2.05, 4.69) is 4.99 Å². The van der Waals surface area contributed by atoms with Crippen LogP contribution >= 0.6 is 24.0 Å². The second-order valence-electron chi connectivity index (χ2n) is 0.451. The van der Waals surface area contributed by atoms with E-state index in [0.29, 0.717) is 0 Å². The first kappa shape index (κ1) is 9.41. The lowest BCUT2D eigenvalue weighted by Gasteiger charge is -1.66. The van der Waals surface area contributed by atoms with Gasteiger partial charge in [-0.2, -0.15) is 0 Å². The van der Waals surface area contributed by atoms with Crippen molar-refractivity contribution >= 4 is 30.3 Å². The molecule has 0 aromatic heterocycles. The molecule has 0 spiro atoms. The van der Waals surface area contributed by atoms with Gasteiger partial charge in [-0.25, -0.2) is 0 Å². The largest absolute Gasteiger partial charge is 0.390 e. The van der Waals surface area contributed by atoms with Crippen molar-refractivity contribution in [1.82, 2.24) is 0 Å². The van der Waals surface area contributed by atoms with Crippen LogP contribution in [-0.2, 0) is 0 Å². The Bertz CT molecular complexity index is 36.5. The predicted octanol–water partition coefficient (Wildman–Crippen LogP) is 0.592. The lowest BCUT2D eigenvalue weighted by atomic mass is 11.3. The van der Waals surface area contributed by atoms with Crippen LogP contribution in [0.15, 0.2) is 4.99 Å². The topological polar surface area (TPSA) is 38.4 Å². The first-order valence-electron chi connectivity index (χ1n) is 1.18. The first-order valence-corrected chi connectivity index (χ1v) is 1.71. The molecule has 0 bridgehead atoms. The predicted molar refractivity (Wildman–Crippen MR) is 30.6 cm³/mol. The van der Waals surface area contributed by atoms with Gasteiger partial charge in [0.2, 0.25) is 0 Å². The third kappa shape index (κ3) is 8.96. The Labute approximate surface area is 47.8 Å². The molecule has 0 fully saturated rings. The second-order valence-corrected chi connectivity index (χ2v) is 0.690. The van der Waals surface area contributed by atoms with Gasteiger partial charge in [-0.05, 0) is 0 Å². The first-order chi connectivity index (χ1) is 2.41. The zero-order valence-corrected chi connectivity index (χ0v) is 4.67. The number of hydrogen-bond donors (Lipinski definition) is 1. The molecule has 0 aliphatic rings. The number of aliphatic imine (C=N–C) groups is 1. The van der Waals surface area contributed by atoms with Gasteiger partial charge in [-0.3, -0.25) is 4.99 Å². The fourth-order valence-corrected chi connectivity index (χ4v) is 0.120. The number of nitrogens with two attached hydrogens (primary N) is 1. The molecule has 0 amide bonds. The van der Waals surface area contributed by atoms with Crippen molar-refractivity contribution < 1.29 is 0 Å². The maximum Gasteiger partial charge on any atom is 0.115 e. The highest BCUT2D eigenvalue weighted by Crippen LogP contribution is 1.67. The highest BCUT2D eigenvalue weighted by molar-refractivity contribution is 6.18. The Kier molecular flexibility index (Phi) is 14.0. The van der Waals surface area contributed by atoms with E-state index in [1.54, 1.807) is 0 Å². The van der Waals surface area contributed by atoms with E-state index in [1.165, 1.54) is 6.34 Å². The SMILES string of the molecule is Cl.NC=NCCl. The minimum Gasteiger partial charge on any atom is -0.390 e. The van der Waals surface area contributed by atoms with Crippen molar-refractivity contribution in [3.05, 3.63) is 0 Å². The van der Waals surface area contributed by atoms with E-state index in [0.717, 1.165) is 0 Å². The summed E-state index contributed by atoms with van der Waals surface area (Å²) in [5.41, 5.74) is 4.76. The smallest absolute Gasteiger partial charge is 0.115 e. The van der Waals surface area contributed by atoms with Crippen LogP contribution in [0.25, 0.3) is 0 Å². The van der Waals surface area contributed by atoms with Crippen LogP contribution in [-0.4, -0.2) is 12.3 Å². The molecule has 2 N–H and O–H groups in total. The molecule has 0 aliphatic heterocycles. The third-order valence-electron chi connectivity index (χ3n) is 0.174. The van der Waals surface area contributed by atoms with Crippen LogP contribution < -0.4 is 5.73 Å². The van der Waals surface area contributed by atoms with Crippen LogP contribution in [0.5, 0.6) is 0 Å². The average Bonchev–Trinajstić information content (AvgIpc) is 1.41. The molecule has 6 heavy (non-hydrogen) atoms. The fraction of sp³-hybridized carbons (Fsp3) is 0.500. The lowest BCUT2D eigenvalue weighted by Crippen LogP contribution is -1.86. The Balaban J connectivity index is 0. The summed E-state index contributed by atoms with van der Waals surface area (Å²) in [5, 5.41) is 0. The molecular weight excluding hydrogens is 123 g/mol. The summed E-state index contributed by atoms with van der Waals surface area (Å²) in [5.74, 6) is 0. The number of alkyl halides is 1. The van der Waals surface area contributed by atoms with Gasteiger partial charge in [0.05, 0.1) is 6.34 Å². The molecule has 0 unspecified atom stereocenters. The van der Waals surface area contributed by atoms with Crippen molar-refractivity contribution in [2.75, 3.05) is 6.00 Å². The standard InChI is InChI=1S/C2H5ClN2.ClH/c3-1-5-2-4;/h2H,1H2,(H2,4,5);1H. The Morgan fingerprint density at radius 2 is 2.33 bits per heavy atom. The highest BCUT2D eigenvalue weighted by Gasteiger charge is 1.53. The molecule has 0 saturated carbocycles. The van der Waals surface area contributed by atoms with Crippen LogP contribution in [0.4, 0.5) is 0 Å². The molecule has 0 heterocycles. The zero-order valence-electron chi connectivity index (χ0n) is 3.10. The number of nitrogens with zero attached hydrogens (tertiary/aromatic N) is 1. The maximum atomic E-state index is 5.02. The second kappa shape index (κ2) is 8.90. The number of rotatable bonds is 1. The van der Waals surface area contributed by atoms with Gasteiger partial charge in [0.25, 0.3) is 0 Å². The molecule has 0 aliphatic carbocycles. The summed E-state index contributed by atoms with van der Waals surface area (Å²) in [4.78, 5) is 3.39. The molecule has 38 valence electrons. The van der Waals surface area contributed by atoms with Crippen molar-refractivity contribution in [2.45, 2.75) is 0 Å². The maximum absolute atomic E-state index is 5.02. The molecule has 2 nitrogen and oxygen atoms in total. The Morgan fingerprint density at radius 1 is 1.83 bits per heavy atom. The van der Waals surface area contributed by atoms with Crippen LogP contribution in [0.3, 0.4) is 0 Å². The molecule has 0 aromatic carbocycles. The Morgan fingerprint density at radius 3 is 2.33 bits per heavy atom. The third-order valence-corrected chi connectivity index (χ3v) is 0.312. The van der Waals surface area contributed by atoms with E-state index in [4.69, 9.17) is 17.3 Å². The van der Waals surface area contributed by atoms with Gasteiger partial charge < -0.3 is 5.73 Å². The van der Waals surface area contributed by atoms with E-state index >= 15 is 0 Å². The summed E-state index contributed by atoms with van der Waals surface area (Å²) in [6, 6.07) is 0.260. The van der Waals surface area contributed by atoms with Crippen LogP contribution in [0.2, 0.25) is 0 Å². The van der Waals surface area contributed by atoms with Crippen molar-refractivity contribution in [1.29, 1.82) is 0 Å². The van der Waals surface area contributed by atoms with Gasteiger partial charge in [0.15, 0.2) is 0 Å². The average molecular weight is 129 g/mol. The molecule has 0 radical (unpaired) electrons. The molecule has 0 atom stereocenters. The molecule has 0 saturated heterocycles. The quantitative estimate of drug-likeness (QED) is 0.239. The summed E-state index contributed by atoms with van der Waals surface area (Å²) >= 11 is 5.02. The van der Waals surface area contributed by atoms with Gasteiger partial charge in [-0.15, -0.1) is 24.0 Å². The number of halogens is 2. The van der Waals surface area contributed by atoms with Gasteiger partial charge in [-0.1, -0.05) is 0 Å². The molecule has 4 heteroatoms. The van der Waals surface area contributed by atoms with Crippen LogP contribution in [0, 0.1) is 0 Å². The zero-order chi connectivity index (χ0) is 4.12.